The number of hydrogen-bond donors (Lipinski definition) is 2. The summed E-state index contributed by atoms with van der Waals surface area (Å²) in [6, 6.07) is 9.54. The molecule has 22 heavy (non-hydrogen) atoms. The van der Waals surface area contributed by atoms with Crippen LogP contribution in [-0.4, -0.2) is 16.7 Å². The second-order valence-corrected chi connectivity index (χ2v) is 6.22. The van der Waals surface area contributed by atoms with Crippen molar-refractivity contribution in [3.63, 3.8) is 0 Å². The van der Waals surface area contributed by atoms with Crippen molar-refractivity contribution in [3.05, 3.63) is 46.2 Å². The molecule has 1 aromatic heterocycles. The second-order valence-electron chi connectivity index (χ2n) is 6.22. The Labute approximate surface area is 131 Å². The van der Waals surface area contributed by atoms with Crippen molar-refractivity contribution in [2.24, 2.45) is 5.92 Å². The van der Waals surface area contributed by atoms with E-state index in [4.69, 9.17) is 0 Å². The van der Waals surface area contributed by atoms with Gasteiger partial charge in [-0.1, -0.05) is 25.3 Å². The Morgan fingerprint density at radius 2 is 2.00 bits per heavy atom. The van der Waals surface area contributed by atoms with Crippen LogP contribution in [0.4, 0.5) is 5.69 Å². The monoisotopic (exact) mass is 297 g/mol. The van der Waals surface area contributed by atoms with Gasteiger partial charge in [0, 0.05) is 23.9 Å². The molecule has 116 valence electrons. The van der Waals surface area contributed by atoms with Gasteiger partial charge in [0.25, 0.3) is 5.56 Å². The number of hydrogen-bond acceptors (Lipinski definition) is 3. The van der Waals surface area contributed by atoms with Crippen LogP contribution in [0, 0.1) is 12.8 Å². The fraction of sp³-hybridized carbons (Fsp3) is 0.444. The number of benzene rings is 1. The van der Waals surface area contributed by atoms with E-state index in [-0.39, 0.29) is 5.56 Å². The van der Waals surface area contributed by atoms with E-state index >= 15 is 0 Å². The molecule has 3 rings (SSSR count). The van der Waals surface area contributed by atoms with Gasteiger partial charge in [-0.05, 0) is 49.4 Å². The average molecular weight is 297 g/mol. The maximum absolute atomic E-state index is 11.1. The molecular weight excluding hydrogens is 274 g/mol. The lowest BCUT2D eigenvalue weighted by atomic mass is 9.89. The molecule has 4 nitrogen and oxygen atoms in total. The molecule has 0 unspecified atom stereocenters. The average Bonchev–Trinajstić information content (AvgIpc) is 2.55. The van der Waals surface area contributed by atoms with Crippen LogP contribution in [-0.2, 0) is 0 Å². The van der Waals surface area contributed by atoms with E-state index in [1.54, 1.807) is 6.07 Å². The third-order valence-electron chi connectivity index (χ3n) is 4.51. The van der Waals surface area contributed by atoms with Gasteiger partial charge in [0.15, 0.2) is 0 Å². The molecule has 1 heterocycles. The molecule has 1 aromatic carbocycles. The molecule has 2 aromatic rings. The lowest BCUT2D eigenvalue weighted by Crippen LogP contribution is -2.17. The number of aromatic amines is 1. The third kappa shape index (κ3) is 3.56. The maximum Gasteiger partial charge on any atom is 0.264 e. The van der Waals surface area contributed by atoms with Gasteiger partial charge in [-0.25, -0.2) is 5.10 Å². The number of nitrogens with zero attached hydrogens (tertiary/aromatic N) is 1. The van der Waals surface area contributed by atoms with Gasteiger partial charge in [0.2, 0.25) is 0 Å². The summed E-state index contributed by atoms with van der Waals surface area (Å²) >= 11 is 0. The Bertz CT molecular complexity index is 666. The van der Waals surface area contributed by atoms with E-state index in [0.717, 1.165) is 23.7 Å². The minimum atomic E-state index is -0.175. The summed E-state index contributed by atoms with van der Waals surface area (Å²) < 4.78 is 0. The van der Waals surface area contributed by atoms with E-state index in [0.29, 0.717) is 0 Å². The topological polar surface area (TPSA) is 57.8 Å². The summed E-state index contributed by atoms with van der Waals surface area (Å²) in [7, 11) is 0. The minimum Gasteiger partial charge on any atom is -0.385 e. The van der Waals surface area contributed by atoms with Crippen molar-refractivity contribution in [2.45, 2.75) is 39.0 Å². The standard InChI is InChI=1S/C18H23N3O/c1-13-11-15(17-9-10-18(22)21-20-17)7-8-16(13)19-12-14-5-3-2-4-6-14/h7-11,14,19H,2-6,12H2,1H3,(H,21,22). The second kappa shape index (κ2) is 6.77. The molecule has 4 heteroatoms. The van der Waals surface area contributed by atoms with Crippen molar-refractivity contribution in [3.8, 4) is 11.3 Å². The van der Waals surface area contributed by atoms with Gasteiger partial charge >= 0.3 is 0 Å². The lowest BCUT2D eigenvalue weighted by Gasteiger charge is -2.23. The molecule has 0 spiro atoms. The Balaban J connectivity index is 1.69. The Morgan fingerprint density at radius 1 is 1.18 bits per heavy atom. The first-order chi connectivity index (χ1) is 10.7. The van der Waals surface area contributed by atoms with Crippen molar-refractivity contribution in [1.82, 2.24) is 10.2 Å². The van der Waals surface area contributed by atoms with E-state index in [2.05, 4.69) is 40.6 Å². The molecule has 0 aliphatic heterocycles. The van der Waals surface area contributed by atoms with Crippen molar-refractivity contribution in [2.75, 3.05) is 11.9 Å². The molecule has 1 saturated carbocycles. The van der Waals surface area contributed by atoms with Crippen LogP contribution < -0.4 is 10.9 Å². The van der Waals surface area contributed by atoms with Gasteiger partial charge in [-0.2, -0.15) is 5.10 Å². The molecule has 1 aliphatic rings. The van der Waals surface area contributed by atoms with Crippen LogP contribution >= 0.6 is 0 Å². The Hall–Kier alpha value is -2.10. The van der Waals surface area contributed by atoms with E-state index in [1.807, 2.05) is 0 Å². The highest BCUT2D eigenvalue weighted by molar-refractivity contribution is 5.65. The SMILES string of the molecule is Cc1cc(-c2ccc(=O)[nH]n2)ccc1NCC1CCCCC1. The van der Waals surface area contributed by atoms with Crippen molar-refractivity contribution < 1.29 is 0 Å². The van der Waals surface area contributed by atoms with Crippen LogP contribution in [0.3, 0.4) is 0 Å². The quantitative estimate of drug-likeness (QED) is 0.904. The summed E-state index contributed by atoms with van der Waals surface area (Å²) in [5.74, 6) is 0.814. The summed E-state index contributed by atoms with van der Waals surface area (Å²) in [6.45, 7) is 3.18. The zero-order valence-corrected chi connectivity index (χ0v) is 13.1. The highest BCUT2D eigenvalue weighted by Gasteiger charge is 2.13. The van der Waals surface area contributed by atoms with Gasteiger partial charge in [-0.3, -0.25) is 4.79 Å². The predicted molar refractivity (Wildman–Crippen MR) is 90.1 cm³/mol. The Morgan fingerprint density at radius 3 is 2.68 bits per heavy atom. The third-order valence-corrected chi connectivity index (χ3v) is 4.51. The largest absolute Gasteiger partial charge is 0.385 e. The number of anilines is 1. The zero-order valence-electron chi connectivity index (χ0n) is 13.1. The number of aromatic nitrogens is 2. The van der Waals surface area contributed by atoms with Gasteiger partial charge in [-0.15, -0.1) is 0 Å². The summed E-state index contributed by atoms with van der Waals surface area (Å²) in [5.41, 5.74) is 4.05. The molecule has 0 atom stereocenters. The molecule has 0 radical (unpaired) electrons. The molecule has 0 bridgehead atoms. The number of rotatable bonds is 4. The van der Waals surface area contributed by atoms with Crippen LogP contribution in [0.5, 0.6) is 0 Å². The van der Waals surface area contributed by atoms with E-state index < -0.39 is 0 Å². The minimum absolute atomic E-state index is 0.175. The molecule has 0 amide bonds. The first-order valence-corrected chi connectivity index (χ1v) is 8.13. The van der Waals surface area contributed by atoms with Gasteiger partial charge in [0.05, 0.1) is 5.69 Å². The lowest BCUT2D eigenvalue weighted by molar-refractivity contribution is 0.373. The van der Waals surface area contributed by atoms with Crippen LogP contribution in [0.15, 0.2) is 35.1 Å². The molecule has 1 aliphatic carbocycles. The molecule has 1 fully saturated rings. The van der Waals surface area contributed by atoms with Gasteiger partial charge in [0.1, 0.15) is 0 Å². The van der Waals surface area contributed by atoms with Crippen molar-refractivity contribution >= 4 is 5.69 Å². The normalized spacial score (nSPS) is 15.7. The first kappa shape index (κ1) is 14.8. The first-order valence-electron chi connectivity index (χ1n) is 8.13. The summed E-state index contributed by atoms with van der Waals surface area (Å²) in [6.07, 6.45) is 6.86. The molecule has 0 saturated heterocycles. The molecular formula is C18H23N3O. The summed E-state index contributed by atoms with van der Waals surface area (Å²) in [4.78, 5) is 11.1. The van der Waals surface area contributed by atoms with Crippen molar-refractivity contribution in [1.29, 1.82) is 0 Å². The van der Waals surface area contributed by atoms with Gasteiger partial charge < -0.3 is 5.32 Å². The van der Waals surface area contributed by atoms with Crippen LogP contribution in [0.1, 0.15) is 37.7 Å². The zero-order chi connectivity index (χ0) is 15.4. The Kier molecular flexibility index (Phi) is 4.56. The summed E-state index contributed by atoms with van der Waals surface area (Å²) in [5, 5.41) is 10.2. The van der Waals surface area contributed by atoms with E-state index in [9.17, 15) is 4.79 Å². The van der Waals surface area contributed by atoms with Crippen LogP contribution in [0.2, 0.25) is 0 Å². The number of H-pyrrole nitrogens is 1. The number of nitrogens with one attached hydrogen (secondary N) is 2. The van der Waals surface area contributed by atoms with E-state index in [1.165, 1.54) is 49.4 Å². The fourth-order valence-electron chi connectivity index (χ4n) is 3.17. The maximum atomic E-state index is 11.1. The molecule has 2 N–H and O–H groups in total. The number of aryl methyl sites for hydroxylation is 1. The highest BCUT2D eigenvalue weighted by atomic mass is 16.1. The smallest absolute Gasteiger partial charge is 0.264 e. The fourth-order valence-corrected chi connectivity index (χ4v) is 3.17. The predicted octanol–water partition coefficient (Wildman–Crippen LogP) is 3.74. The van der Waals surface area contributed by atoms with Crippen LogP contribution in [0.25, 0.3) is 11.3 Å². The highest BCUT2D eigenvalue weighted by Crippen LogP contribution is 2.26.